The van der Waals surface area contributed by atoms with Crippen LogP contribution in [0.1, 0.15) is 22.8 Å². The topological polar surface area (TPSA) is 51.6 Å². The average Bonchev–Trinajstić information content (AvgIpc) is 2.62. The molecule has 2 heterocycles. The Bertz CT molecular complexity index is 977. The third-order valence-electron chi connectivity index (χ3n) is 4.16. The first-order valence-corrected chi connectivity index (χ1v) is 9.38. The molecule has 4 aromatic rings. The van der Waals surface area contributed by atoms with Crippen molar-refractivity contribution in [3.05, 3.63) is 71.3 Å². The van der Waals surface area contributed by atoms with Crippen molar-refractivity contribution in [3.8, 4) is 0 Å². The zero-order valence-electron chi connectivity index (χ0n) is 14.2. The van der Waals surface area contributed by atoms with Gasteiger partial charge in [0, 0.05) is 11.5 Å². The summed E-state index contributed by atoms with van der Waals surface area (Å²) in [5, 5.41) is 0. The Balaban J connectivity index is 1.52. The van der Waals surface area contributed by atoms with E-state index in [-0.39, 0.29) is 0 Å². The molecule has 0 saturated heterocycles. The molecular formula is C20H18N4S. The van der Waals surface area contributed by atoms with Gasteiger partial charge < -0.3 is 0 Å². The minimum atomic E-state index is 0.817. The Labute approximate surface area is 150 Å². The van der Waals surface area contributed by atoms with Gasteiger partial charge in [-0.2, -0.15) is 0 Å². The van der Waals surface area contributed by atoms with Gasteiger partial charge in [0.15, 0.2) is 0 Å². The summed E-state index contributed by atoms with van der Waals surface area (Å²) < 4.78 is 0. The van der Waals surface area contributed by atoms with Gasteiger partial charge in [0.05, 0.1) is 44.8 Å². The van der Waals surface area contributed by atoms with Crippen molar-refractivity contribution < 1.29 is 0 Å². The van der Waals surface area contributed by atoms with Crippen LogP contribution in [0.2, 0.25) is 0 Å². The molecule has 0 saturated carbocycles. The molecule has 0 amide bonds. The second-order valence-electron chi connectivity index (χ2n) is 5.98. The van der Waals surface area contributed by atoms with Crippen LogP contribution in [0.15, 0.2) is 48.5 Å². The maximum Gasteiger partial charge on any atom is 0.0890 e. The van der Waals surface area contributed by atoms with E-state index in [1.807, 2.05) is 62.4 Å². The van der Waals surface area contributed by atoms with Gasteiger partial charge in [0.1, 0.15) is 0 Å². The van der Waals surface area contributed by atoms with Crippen LogP contribution in [-0.2, 0) is 11.5 Å². The summed E-state index contributed by atoms with van der Waals surface area (Å²) in [4.78, 5) is 18.8. The van der Waals surface area contributed by atoms with Crippen molar-refractivity contribution in [2.24, 2.45) is 0 Å². The first kappa shape index (κ1) is 16.0. The largest absolute Gasteiger partial charge is 0.250 e. The Morgan fingerprint density at radius 3 is 1.36 bits per heavy atom. The van der Waals surface area contributed by atoms with Crippen LogP contribution in [0.3, 0.4) is 0 Å². The number of para-hydroxylation sites is 4. The van der Waals surface area contributed by atoms with Crippen molar-refractivity contribution in [2.45, 2.75) is 25.4 Å². The van der Waals surface area contributed by atoms with Crippen LogP contribution >= 0.6 is 11.8 Å². The molecular weight excluding hydrogens is 328 g/mol. The van der Waals surface area contributed by atoms with E-state index in [9.17, 15) is 0 Å². The number of thioether (sulfide) groups is 1. The number of fused-ring (bicyclic) bond motifs is 2. The smallest absolute Gasteiger partial charge is 0.0890 e. The van der Waals surface area contributed by atoms with Crippen molar-refractivity contribution in [1.82, 2.24) is 19.9 Å². The second kappa shape index (κ2) is 6.76. The minimum absolute atomic E-state index is 0.817. The fraction of sp³-hybridized carbons (Fsp3) is 0.200. The van der Waals surface area contributed by atoms with Crippen molar-refractivity contribution in [1.29, 1.82) is 0 Å². The van der Waals surface area contributed by atoms with E-state index in [2.05, 4.69) is 9.97 Å². The predicted molar refractivity (Wildman–Crippen MR) is 104 cm³/mol. The number of aryl methyl sites for hydroxylation is 2. The van der Waals surface area contributed by atoms with Gasteiger partial charge in [-0.15, -0.1) is 11.8 Å². The summed E-state index contributed by atoms with van der Waals surface area (Å²) >= 11 is 1.80. The molecule has 4 nitrogen and oxygen atoms in total. The average molecular weight is 346 g/mol. The highest BCUT2D eigenvalue weighted by Gasteiger charge is 2.08. The first-order valence-electron chi connectivity index (χ1n) is 8.23. The predicted octanol–water partition coefficient (Wildman–Crippen LogP) is 4.62. The fourth-order valence-corrected chi connectivity index (χ4v) is 3.80. The number of aromatic nitrogens is 4. The molecule has 0 bridgehead atoms. The van der Waals surface area contributed by atoms with Crippen LogP contribution in [0.25, 0.3) is 22.1 Å². The molecule has 0 spiro atoms. The highest BCUT2D eigenvalue weighted by molar-refractivity contribution is 7.97. The van der Waals surface area contributed by atoms with Gasteiger partial charge in [-0.05, 0) is 38.1 Å². The normalized spacial score (nSPS) is 11.3. The molecule has 5 heteroatoms. The lowest BCUT2D eigenvalue weighted by molar-refractivity contribution is 1.07. The first-order chi connectivity index (χ1) is 12.2. The quantitative estimate of drug-likeness (QED) is 0.539. The summed E-state index contributed by atoms with van der Waals surface area (Å²) in [5.74, 6) is 1.63. The molecule has 0 aliphatic rings. The van der Waals surface area contributed by atoms with Gasteiger partial charge in [-0.25, -0.2) is 19.9 Å². The maximum absolute atomic E-state index is 4.76. The van der Waals surface area contributed by atoms with E-state index < -0.39 is 0 Å². The molecule has 2 aromatic carbocycles. The van der Waals surface area contributed by atoms with Crippen LogP contribution < -0.4 is 0 Å². The summed E-state index contributed by atoms with van der Waals surface area (Å²) in [7, 11) is 0. The Kier molecular flexibility index (Phi) is 4.32. The van der Waals surface area contributed by atoms with E-state index >= 15 is 0 Å². The monoisotopic (exact) mass is 346 g/mol. The number of hydrogen-bond donors (Lipinski definition) is 0. The second-order valence-corrected chi connectivity index (χ2v) is 6.97. The minimum Gasteiger partial charge on any atom is -0.250 e. The number of nitrogens with zero attached hydrogens (tertiary/aromatic N) is 4. The zero-order valence-corrected chi connectivity index (χ0v) is 15.0. The Morgan fingerprint density at radius 1 is 0.600 bits per heavy atom. The SMILES string of the molecule is Cc1nc2ccccc2nc1CSCc1nc2ccccc2nc1C. The summed E-state index contributed by atoms with van der Waals surface area (Å²) in [6, 6.07) is 16.0. The molecule has 0 aliphatic carbocycles. The highest BCUT2D eigenvalue weighted by Crippen LogP contribution is 2.22. The lowest BCUT2D eigenvalue weighted by Crippen LogP contribution is -1.99. The van der Waals surface area contributed by atoms with E-state index in [0.717, 1.165) is 56.3 Å². The van der Waals surface area contributed by atoms with Crippen LogP contribution in [-0.4, -0.2) is 19.9 Å². The van der Waals surface area contributed by atoms with Gasteiger partial charge >= 0.3 is 0 Å². The van der Waals surface area contributed by atoms with E-state index in [0.29, 0.717) is 0 Å². The summed E-state index contributed by atoms with van der Waals surface area (Å²) in [5.41, 5.74) is 7.86. The Morgan fingerprint density at radius 2 is 0.960 bits per heavy atom. The highest BCUT2D eigenvalue weighted by atomic mass is 32.2. The van der Waals surface area contributed by atoms with Crippen LogP contribution in [0.4, 0.5) is 0 Å². The molecule has 124 valence electrons. The molecule has 0 unspecified atom stereocenters. The molecule has 4 rings (SSSR count). The van der Waals surface area contributed by atoms with E-state index in [1.165, 1.54) is 0 Å². The van der Waals surface area contributed by atoms with Gasteiger partial charge in [-0.1, -0.05) is 24.3 Å². The molecule has 0 N–H and O–H groups in total. The summed E-state index contributed by atoms with van der Waals surface area (Å²) in [6.07, 6.45) is 0. The van der Waals surface area contributed by atoms with Gasteiger partial charge in [-0.3, -0.25) is 0 Å². The van der Waals surface area contributed by atoms with Crippen LogP contribution in [0, 0.1) is 13.8 Å². The van der Waals surface area contributed by atoms with Gasteiger partial charge in [0.2, 0.25) is 0 Å². The number of benzene rings is 2. The fourth-order valence-electron chi connectivity index (χ4n) is 2.77. The molecule has 25 heavy (non-hydrogen) atoms. The lowest BCUT2D eigenvalue weighted by atomic mass is 10.2. The van der Waals surface area contributed by atoms with Crippen molar-refractivity contribution in [3.63, 3.8) is 0 Å². The van der Waals surface area contributed by atoms with Crippen molar-refractivity contribution in [2.75, 3.05) is 0 Å². The standard InChI is InChI=1S/C20H18N4S/c1-13-19(23-17-9-5-3-7-15(17)21-13)11-25-12-20-14(2)22-16-8-4-6-10-18(16)24-20/h3-10H,11-12H2,1-2H3. The van der Waals surface area contributed by atoms with E-state index in [4.69, 9.17) is 9.97 Å². The molecule has 0 aliphatic heterocycles. The molecule has 0 radical (unpaired) electrons. The zero-order chi connectivity index (χ0) is 17.2. The van der Waals surface area contributed by atoms with Gasteiger partial charge in [0.25, 0.3) is 0 Å². The van der Waals surface area contributed by atoms with Crippen LogP contribution in [0.5, 0.6) is 0 Å². The third kappa shape index (κ3) is 3.33. The molecule has 0 fully saturated rings. The third-order valence-corrected chi connectivity index (χ3v) is 5.12. The number of hydrogen-bond acceptors (Lipinski definition) is 5. The summed E-state index contributed by atoms with van der Waals surface area (Å²) in [6.45, 7) is 4.05. The maximum atomic E-state index is 4.76. The Hall–Kier alpha value is -2.53. The molecule has 2 aromatic heterocycles. The lowest BCUT2D eigenvalue weighted by Gasteiger charge is -2.08. The van der Waals surface area contributed by atoms with Crippen molar-refractivity contribution >= 4 is 33.8 Å². The molecule has 0 atom stereocenters. The number of rotatable bonds is 4. The van der Waals surface area contributed by atoms with E-state index in [1.54, 1.807) is 11.8 Å².